The van der Waals surface area contributed by atoms with Crippen molar-refractivity contribution in [3.63, 3.8) is 0 Å². The van der Waals surface area contributed by atoms with E-state index in [2.05, 4.69) is 11.7 Å². The summed E-state index contributed by atoms with van der Waals surface area (Å²) in [5.74, 6) is -0.427. The topological polar surface area (TPSA) is 85.6 Å². The second-order valence-corrected chi connectivity index (χ2v) is 5.89. The third-order valence-electron chi connectivity index (χ3n) is 3.75. The number of hydrogen-bond donors (Lipinski definition) is 0. The highest BCUT2D eigenvalue weighted by Crippen LogP contribution is 2.17. The fourth-order valence-corrected chi connectivity index (χ4v) is 2.43. The third-order valence-corrected chi connectivity index (χ3v) is 3.75. The van der Waals surface area contributed by atoms with Gasteiger partial charge in [-0.15, -0.1) is 0 Å². The van der Waals surface area contributed by atoms with Gasteiger partial charge in [0.25, 0.3) is 0 Å². The van der Waals surface area contributed by atoms with E-state index in [1.165, 1.54) is 24.8 Å². The van der Waals surface area contributed by atoms with E-state index in [0.717, 1.165) is 12.8 Å². The first-order valence-electron chi connectivity index (χ1n) is 8.78. The van der Waals surface area contributed by atoms with E-state index in [0.29, 0.717) is 11.3 Å². The first kappa shape index (κ1) is 20.7. The standard InChI is InChI=1S/C22H21NO5/c1-3-5-16-8-10-19(11-9-16)27-15-21(24)28-20-7-4-6-17(13-20)12-18(14-23)22(25)26-2/h4,6-13H,3,5,15H2,1-2H3/b18-12+. The monoisotopic (exact) mass is 379 g/mol. The lowest BCUT2D eigenvalue weighted by Gasteiger charge is -2.08. The smallest absolute Gasteiger partial charge is 0.349 e. The van der Waals surface area contributed by atoms with Crippen LogP contribution in [0.25, 0.3) is 6.08 Å². The molecular formula is C22H21NO5. The van der Waals surface area contributed by atoms with Gasteiger partial charge in [0, 0.05) is 0 Å². The van der Waals surface area contributed by atoms with Crippen LogP contribution in [0.2, 0.25) is 0 Å². The van der Waals surface area contributed by atoms with Gasteiger partial charge in [0.05, 0.1) is 7.11 Å². The molecule has 6 nitrogen and oxygen atoms in total. The summed E-state index contributed by atoms with van der Waals surface area (Å²) in [4.78, 5) is 23.5. The summed E-state index contributed by atoms with van der Waals surface area (Å²) >= 11 is 0. The van der Waals surface area contributed by atoms with Gasteiger partial charge < -0.3 is 14.2 Å². The molecule has 0 aromatic heterocycles. The molecule has 0 saturated heterocycles. The Morgan fingerprint density at radius 1 is 1.11 bits per heavy atom. The lowest BCUT2D eigenvalue weighted by molar-refractivity contribution is -0.137. The van der Waals surface area contributed by atoms with Crippen LogP contribution in [0.1, 0.15) is 24.5 Å². The van der Waals surface area contributed by atoms with E-state index >= 15 is 0 Å². The number of nitrogens with zero attached hydrogens (tertiary/aromatic N) is 1. The summed E-state index contributed by atoms with van der Waals surface area (Å²) in [6, 6.07) is 15.8. The third kappa shape index (κ3) is 6.29. The number of hydrogen-bond acceptors (Lipinski definition) is 6. The molecule has 0 radical (unpaired) electrons. The number of carbonyl (C=O) groups is 2. The molecule has 0 fully saturated rings. The Hall–Kier alpha value is -3.59. The van der Waals surface area contributed by atoms with Crippen molar-refractivity contribution < 1.29 is 23.8 Å². The Kier molecular flexibility index (Phi) is 7.79. The van der Waals surface area contributed by atoms with Gasteiger partial charge in [-0.05, 0) is 47.9 Å². The van der Waals surface area contributed by atoms with E-state index in [1.807, 2.05) is 24.3 Å². The average Bonchev–Trinajstić information content (AvgIpc) is 2.71. The number of benzene rings is 2. The number of methoxy groups -OCH3 is 1. The second kappa shape index (κ2) is 10.5. The van der Waals surface area contributed by atoms with Crippen molar-refractivity contribution in [2.75, 3.05) is 13.7 Å². The Balaban J connectivity index is 1.96. The molecule has 2 aromatic carbocycles. The molecule has 0 bridgehead atoms. The first-order valence-corrected chi connectivity index (χ1v) is 8.78. The molecule has 0 saturated carbocycles. The van der Waals surface area contributed by atoms with E-state index in [4.69, 9.17) is 14.7 Å². The van der Waals surface area contributed by atoms with Crippen LogP contribution in [0, 0.1) is 11.3 Å². The zero-order chi connectivity index (χ0) is 20.4. The minimum Gasteiger partial charge on any atom is -0.482 e. The predicted molar refractivity (Wildman–Crippen MR) is 104 cm³/mol. The van der Waals surface area contributed by atoms with Gasteiger partial charge in [-0.3, -0.25) is 0 Å². The predicted octanol–water partition coefficient (Wildman–Crippen LogP) is 3.70. The van der Waals surface area contributed by atoms with Gasteiger partial charge >= 0.3 is 11.9 Å². The van der Waals surface area contributed by atoms with Crippen LogP contribution in [0.5, 0.6) is 11.5 Å². The Morgan fingerprint density at radius 3 is 2.50 bits per heavy atom. The van der Waals surface area contributed by atoms with E-state index in [1.54, 1.807) is 24.3 Å². The fraction of sp³-hybridized carbons (Fsp3) is 0.227. The summed E-state index contributed by atoms with van der Waals surface area (Å²) in [5, 5.41) is 9.01. The normalized spacial score (nSPS) is 10.7. The van der Waals surface area contributed by atoms with Gasteiger partial charge in [-0.25, -0.2) is 9.59 Å². The van der Waals surface area contributed by atoms with Gasteiger partial charge in [0.1, 0.15) is 23.1 Å². The van der Waals surface area contributed by atoms with Crippen LogP contribution in [-0.2, 0) is 20.7 Å². The van der Waals surface area contributed by atoms with Crippen LogP contribution in [0.3, 0.4) is 0 Å². The summed E-state index contributed by atoms with van der Waals surface area (Å²) in [6.45, 7) is 1.88. The van der Waals surface area contributed by atoms with Crippen molar-refractivity contribution in [2.24, 2.45) is 0 Å². The number of aryl methyl sites for hydroxylation is 1. The molecule has 28 heavy (non-hydrogen) atoms. The van der Waals surface area contributed by atoms with Crippen LogP contribution in [0.15, 0.2) is 54.1 Å². The molecule has 0 unspecified atom stereocenters. The minimum absolute atomic E-state index is 0.152. The average molecular weight is 379 g/mol. The number of nitriles is 1. The molecule has 2 rings (SSSR count). The van der Waals surface area contributed by atoms with E-state index in [-0.39, 0.29) is 17.9 Å². The van der Waals surface area contributed by atoms with Crippen LogP contribution < -0.4 is 9.47 Å². The van der Waals surface area contributed by atoms with Crippen molar-refractivity contribution >= 4 is 18.0 Å². The number of esters is 2. The summed E-state index contributed by atoms with van der Waals surface area (Å²) in [7, 11) is 1.20. The van der Waals surface area contributed by atoms with Gasteiger partial charge in [0.15, 0.2) is 6.61 Å². The Labute approximate surface area is 164 Å². The SMILES string of the molecule is CCCc1ccc(OCC(=O)Oc2cccc(/C=C(\C#N)C(=O)OC)c2)cc1. The maximum Gasteiger partial charge on any atom is 0.349 e. The Morgan fingerprint density at radius 2 is 1.86 bits per heavy atom. The number of rotatable bonds is 8. The van der Waals surface area contributed by atoms with Gasteiger partial charge in [0.2, 0.25) is 0 Å². The fourth-order valence-electron chi connectivity index (χ4n) is 2.43. The molecule has 6 heteroatoms. The molecule has 0 spiro atoms. The van der Waals surface area contributed by atoms with Crippen LogP contribution in [-0.4, -0.2) is 25.7 Å². The zero-order valence-corrected chi connectivity index (χ0v) is 15.8. The number of carbonyl (C=O) groups excluding carboxylic acids is 2. The Bertz CT molecular complexity index is 894. The molecular weight excluding hydrogens is 358 g/mol. The van der Waals surface area contributed by atoms with Gasteiger partial charge in [-0.1, -0.05) is 37.6 Å². The molecule has 0 atom stereocenters. The zero-order valence-electron chi connectivity index (χ0n) is 15.8. The highest BCUT2D eigenvalue weighted by molar-refractivity contribution is 5.97. The maximum absolute atomic E-state index is 12.0. The lowest BCUT2D eigenvalue weighted by Crippen LogP contribution is -2.17. The van der Waals surface area contributed by atoms with E-state index < -0.39 is 11.9 Å². The molecule has 0 amide bonds. The molecule has 0 aliphatic heterocycles. The van der Waals surface area contributed by atoms with E-state index in [9.17, 15) is 9.59 Å². The maximum atomic E-state index is 12.0. The summed E-state index contributed by atoms with van der Waals surface area (Å²) in [5.41, 5.74) is 1.59. The van der Waals surface area contributed by atoms with Crippen molar-refractivity contribution in [3.05, 3.63) is 65.2 Å². The van der Waals surface area contributed by atoms with Crippen molar-refractivity contribution in [1.82, 2.24) is 0 Å². The van der Waals surface area contributed by atoms with Crippen LogP contribution in [0.4, 0.5) is 0 Å². The second-order valence-electron chi connectivity index (χ2n) is 5.89. The molecule has 2 aromatic rings. The highest BCUT2D eigenvalue weighted by atomic mass is 16.6. The molecule has 0 aliphatic rings. The molecule has 0 aliphatic carbocycles. The van der Waals surface area contributed by atoms with Gasteiger partial charge in [-0.2, -0.15) is 5.26 Å². The largest absolute Gasteiger partial charge is 0.482 e. The molecule has 0 heterocycles. The molecule has 144 valence electrons. The first-order chi connectivity index (χ1) is 13.5. The summed E-state index contributed by atoms with van der Waals surface area (Å²) < 4.78 is 15.2. The van der Waals surface area contributed by atoms with Crippen molar-refractivity contribution in [1.29, 1.82) is 5.26 Å². The molecule has 0 N–H and O–H groups in total. The highest BCUT2D eigenvalue weighted by Gasteiger charge is 2.10. The van der Waals surface area contributed by atoms with Crippen molar-refractivity contribution in [3.8, 4) is 17.6 Å². The lowest BCUT2D eigenvalue weighted by atomic mass is 10.1. The minimum atomic E-state index is -0.733. The quantitative estimate of drug-likeness (QED) is 0.301. The van der Waals surface area contributed by atoms with Crippen molar-refractivity contribution in [2.45, 2.75) is 19.8 Å². The number of ether oxygens (including phenoxy) is 3. The van der Waals surface area contributed by atoms with Crippen LogP contribution >= 0.6 is 0 Å². The summed E-state index contributed by atoms with van der Waals surface area (Å²) in [6.07, 6.45) is 3.42.